The van der Waals surface area contributed by atoms with E-state index < -0.39 is 17.0 Å². The lowest BCUT2D eigenvalue weighted by Crippen LogP contribution is -2.32. The number of nitrogens with zero attached hydrogens (tertiary/aromatic N) is 2. The maximum atomic E-state index is 14.8. The van der Waals surface area contributed by atoms with Gasteiger partial charge in [0, 0.05) is 37.3 Å². The van der Waals surface area contributed by atoms with Gasteiger partial charge in [0.1, 0.15) is 5.82 Å². The number of aromatic nitrogens is 1. The second-order valence-electron chi connectivity index (χ2n) is 7.13. The summed E-state index contributed by atoms with van der Waals surface area (Å²) in [6.45, 7) is 4.74. The molecule has 0 amide bonds. The van der Waals surface area contributed by atoms with Gasteiger partial charge in [-0.05, 0) is 38.3 Å². The summed E-state index contributed by atoms with van der Waals surface area (Å²) in [7, 11) is 0. The zero-order chi connectivity index (χ0) is 19.1. The summed E-state index contributed by atoms with van der Waals surface area (Å²) in [4.78, 5) is 14.6. The quantitative estimate of drug-likeness (QED) is 0.653. The fraction of sp³-hybridized carbons (Fsp3) is 0.526. The predicted molar refractivity (Wildman–Crippen MR) is 99.8 cm³/mol. The van der Waals surface area contributed by atoms with Crippen LogP contribution in [0, 0.1) is 5.82 Å². The Kier molecular flexibility index (Phi) is 5.05. The van der Waals surface area contributed by atoms with Gasteiger partial charge in [0.25, 0.3) is 0 Å². The highest BCUT2D eigenvalue weighted by Gasteiger charge is 2.30. The van der Waals surface area contributed by atoms with Crippen LogP contribution in [0.15, 0.2) is 23.1 Å². The molecule has 0 saturated heterocycles. The van der Waals surface area contributed by atoms with Crippen LogP contribution in [0.25, 0.3) is 10.9 Å². The molecule has 0 radical (unpaired) electrons. The molecule has 1 heterocycles. The average Bonchev–Trinajstić information content (AvgIpc) is 3.39. The van der Waals surface area contributed by atoms with Crippen LogP contribution < -0.4 is 16.1 Å². The molecule has 6 nitrogen and oxygen atoms in total. The van der Waals surface area contributed by atoms with Crippen LogP contribution >= 0.6 is 0 Å². The minimum absolute atomic E-state index is 0.142. The first-order chi connectivity index (χ1) is 12.3. The van der Waals surface area contributed by atoms with Crippen LogP contribution in [0.2, 0.25) is 0 Å². The number of benzene rings is 1. The molecule has 1 aliphatic carbocycles. The number of hydrogen-bond donors (Lipinski definition) is 3. The lowest BCUT2D eigenvalue weighted by atomic mass is 10.0. The van der Waals surface area contributed by atoms with Gasteiger partial charge in [-0.25, -0.2) is 4.39 Å². The van der Waals surface area contributed by atoms with Crippen LogP contribution in [0.5, 0.6) is 0 Å². The number of pyridine rings is 1. The van der Waals surface area contributed by atoms with E-state index in [4.69, 9.17) is 5.73 Å². The van der Waals surface area contributed by atoms with Crippen molar-refractivity contribution >= 4 is 16.6 Å². The number of halogens is 1. The normalized spacial score (nSPS) is 14.8. The van der Waals surface area contributed by atoms with Crippen molar-refractivity contribution < 1.29 is 14.6 Å². The van der Waals surface area contributed by atoms with Gasteiger partial charge in [-0.2, -0.15) is 0 Å². The Hall–Kier alpha value is -1.96. The van der Waals surface area contributed by atoms with Gasteiger partial charge in [0.05, 0.1) is 16.8 Å². The van der Waals surface area contributed by atoms with Crippen LogP contribution in [0.1, 0.15) is 44.7 Å². The third-order valence-corrected chi connectivity index (χ3v) is 4.78. The Balaban J connectivity index is 2.26. The average molecular weight is 363 g/mol. The number of nitrogens with two attached hydrogens (primary N) is 1. The first kappa shape index (κ1) is 18.8. The van der Waals surface area contributed by atoms with E-state index in [0.29, 0.717) is 30.8 Å². The zero-order valence-electron chi connectivity index (χ0n) is 15.2. The highest BCUT2D eigenvalue weighted by Crippen LogP contribution is 2.38. The van der Waals surface area contributed by atoms with Crippen molar-refractivity contribution in [1.29, 1.82) is 0 Å². The second kappa shape index (κ2) is 6.98. The van der Waals surface area contributed by atoms with E-state index in [1.54, 1.807) is 6.07 Å². The Morgan fingerprint density at radius 3 is 2.58 bits per heavy atom. The van der Waals surface area contributed by atoms with Crippen molar-refractivity contribution in [3.8, 4) is 0 Å². The smallest absolute Gasteiger partial charge is 0.198 e. The minimum atomic E-state index is -2.27. The molecule has 1 aromatic heterocycles. The number of anilines is 1. The largest absolute Gasteiger partial charge is 0.368 e. The molecule has 0 aliphatic heterocycles. The Morgan fingerprint density at radius 2 is 2.04 bits per heavy atom. The van der Waals surface area contributed by atoms with E-state index in [-0.39, 0.29) is 17.0 Å². The van der Waals surface area contributed by atoms with Crippen molar-refractivity contribution in [3.63, 3.8) is 0 Å². The lowest BCUT2D eigenvalue weighted by Gasteiger charge is -2.26. The Morgan fingerprint density at radius 1 is 1.35 bits per heavy atom. The van der Waals surface area contributed by atoms with Gasteiger partial charge in [-0.1, -0.05) is 6.92 Å². The summed E-state index contributed by atoms with van der Waals surface area (Å²) >= 11 is 0. The fourth-order valence-corrected chi connectivity index (χ4v) is 3.37. The van der Waals surface area contributed by atoms with E-state index in [1.807, 2.05) is 16.4 Å². The lowest BCUT2D eigenvalue weighted by molar-refractivity contribution is -0.153. The monoisotopic (exact) mass is 363 g/mol. The van der Waals surface area contributed by atoms with E-state index in [1.165, 1.54) is 12.3 Å². The molecule has 26 heavy (non-hydrogen) atoms. The van der Waals surface area contributed by atoms with Crippen molar-refractivity contribution in [3.05, 3.63) is 39.9 Å². The van der Waals surface area contributed by atoms with E-state index in [0.717, 1.165) is 26.2 Å². The summed E-state index contributed by atoms with van der Waals surface area (Å²) in [5, 5.41) is 20.0. The molecule has 1 aliphatic rings. The molecule has 142 valence electrons. The molecule has 1 saturated carbocycles. The molecule has 0 atom stereocenters. The van der Waals surface area contributed by atoms with Crippen molar-refractivity contribution in [1.82, 2.24) is 4.57 Å². The molecule has 2 aromatic rings. The third-order valence-electron chi connectivity index (χ3n) is 4.78. The molecular weight excluding hydrogens is 337 g/mol. The Labute approximate surface area is 151 Å². The highest BCUT2D eigenvalue weighted by atomic mass is 19.1. The van der Waals surface area contributed by atoms with Crippen LogP contribution in [0.3, 0.4) is 0 Å². The van der Waals surface area contributed by atoms with E-state index in [2.05, 4.69) is 0 Å². The first-order valence-corrected chi connectivity index (χ1v) is 9.06. The molecule has 0 unspecified atom stereocenters. The topological polar surface area (TPSA) is 91.7 Å². The molecule has 0 bridgehead atoms. The number of rotatable bonds is 7. The third kappa shape index (κ3) is 3.47. The standard InChI is InChI=1S/C19H26FN3O3/c1-3-7-22(8-6-21)17-10-16-13(9-15(17)20)18(24)14(19(2,25)26)11-23(16)12-4-5-12/h9-12,25-26H,3-8,21H2,1-2H3. The maximum absolute atomic E-state index is 14.8. The predicted octanol–water partition coefficient (Wildman–Crippen LogP) is 1.81. The van der Waals surface area contributed by atoms with Crippen molar-refractivity contribution in [2.45, 2.75) is 44.9 Å². The maximum Gasteiger partial charge on any atom is 0.198 e. The van der Waals surface area contributed by atoms with Gasteiger partial charge in [-0.15, -0.1) is 0 Å². The summed E-state index contributed by atoms with van der Waals surface area (Å²) in [5.41, 5.74) is 5.99. The highest BCUT2D eigenvalue weighted by molar-refractivity contribution is 5.84. The zero-order valence-corrected chi connectivity index (χ0v) is 15.2. The van der Waals surface area contributed by atoms with Crippen LogP contribution in [0.4, 0.5) is 10.1 Å². The molecule has 3 rings (SSSR count). The number of aliphatic hydroxyl groups is 2. The first-order valence-electron chi connectivity index (χ1n) is 9.06. The summed E-state index contributed by atoms with van der Waals surface area (Å²) in [6.07, 6.45) is 4.23. The Bertz CT molecular complexity index is 863. The molecule has 0 spiro atoms. The number of fused-ring (bicyclic) bond motifs is 1. The van der Waals surface area contributed by atoms with Crippen molar-refractivity contribution in [2.75, 3.05) is 24.5 Å². The van der Waals surface area contributed by atoms with E-state index in [9.17, 15) is 19.4 Å². The number of hydrogen-bond acceptors (Lipinski definition) is 5. The van der Waals surface area contributed by atoms with E-state index >= 15 is 0 Å². The molecule has 7 heteroatoms. The molecule has 1 fully saturated rings. The van der Waals surface area contributed by atoms with Crippen LogP contribution in [-0.2, 0) is 5.79 Å². The molecule has 1 aromatic carbocycles. The molecular formula is C19H26FN3O3. The van der Waals surface area contributed by atoms with Crippen molar-refractivity contribution in [2.24, 2.45) is 5.73 Å². The summed E-state index contributed by atoms with van der Waals surface area (Å²) < 4.78 is 16.7. The van der Waals surface area contributed by atoms with Gasteiger partial charge >= 0.3 is 0 Å². The minimum Gasteiger partial charge on any atom is -0.368 e. The van der Waals surface area contributed by atoms with Gasteiger partial charge in [-0.3, -0.25) is 4.79 Å². The summed E-state index contributed by atoms with van der Waals surface area (Å²) in [5.74, 6) is -2.78. The SMILES string of the molecule is CCCN(CCN)c1cc2c(cc1F)c(=O)c(C(C)(O)O)cn2C1CC1. The van der Waals surface area contributed by atoms with Gasteiger partial charge in [0.2, 0.25) is 0 Å². The second-order valence-corrected chi connectivity index (χ2v) is 7.13. The van der Waals surface area contributed by atoms with Gasteiger partial charge < -0.3 is 25.4 Å². The van der Waals surface area contributed by atoms with Crippen LogP contribution in [-0.4, -0.2) is 34.4 Å². The molecule has 4 N–H and O–H groups in total. The summed E-state index contributed by atoms with van der Waals surface area (Å²) in [6, 6.07) is 3.08. The fourth-order valence-electron chi connectivity index (χ4n) is 3.37. The van der Waals surface area contributed by atoms with Gasteiger partial charge in [0.15, 0.2) is 11.2 Å².